The van der Waals surface area contributed by atoms with Crippen LogP contribution in [0.2, 0.25) is 0 Å². The Labute approximate surface area is 181 Å². The molecule has 4 aromatic carbocycles. The molecule has 0 aromatic heterocycles. The molecule has 0 unspecified atom stereocenters. The molecule has 0 saturated carbocycles. The van der Waals surface area contributed by atoms with E-state index in [1.165, 1.54) is 10.8 Å². The summed E-state index contributed by atoms with van der Waals surface area (Å²) in [6, 6.07) is 30.1. The van der Waals surface area contributed by atoms with Crippen LogP contribution in [0.25, 0.3) is 21.9 Å². The van der Waals surface area contributed by atoms with Gasteiger partial charge in [-0.1, -0.05) is 90.1 Å². The lowest BCUT2D eigenvalue weighted by molar-refractivity contribution is -0.136. The molecule has 0 amide bonds. The van der Waals surface area contributed by atoms with Crippen LogP contribution in [0.4, 0.5) is 0 Å². The lowest BCUT2D eigenvalue weighted by Crippen LogP contribution is -2.00. The summed E-state index contributed by atoms with van der Waals surface area (Å²) in [5, 5.41) is 15.7. The highest BCUT2D eigenvalue weighted by Gasteiger charge is 2.05. The van der Waals surface area contributed by atoms with Gasteiger partial charge in [0.15, 0.2) is 0 Å². The Balaban J connectivity index is 1.42. The van der Waals surface area contributed by atoms with Gasteiger partial charge in [-0.25, -0.2) is 0 Å². The first kappa shape index (κ1) is 20.4. The molecular formula is C27H23NO3. The zero-order valence-corrected chi connectivity index (χ0v) is 17.3. The average Bonchev–Trinajstić information content (AvgIpc) is 2.79. The summed E-state index contributed by atoms with van der Waals surface area (Å²) >= 11 is 0. The molecule has 0 saturated heterocycles. The smallest absolute Gasteiger partial charge is 0.307 e. The van der Waals surface area contributed by atoms with E-state index in [0.717, 1.165) is 33.5 Å². The minimum Gasteiger partial charge on any atom is -0.481 e. The first-order valence-corrected chi connectivity index (χ1v) is 10.1. The fourth-order valence-corrected chi connectivity index (χ4v) is 3.52. The monoisotopic (exact) mass is 409 g/mol. The lowest BCUT2D eigenvalue weighted by Gasteiger charge is -2.07. The first-order valence-electron chi connectivity index (χ1n) is 10.1. The van der Waals surface area contributed by atoms with Crippen LogP contribution in [0.3, 0.4) is 0 Å². The topological polar surface area (TPSA) is 58.9 Å². The zero-order valence-electron chi connectivity index (χ0n) is 17.3. The molecule has 154 valence electrons. The van der Waals surface area contributed by atoms with Gasteiger partial charge < -0.3 is 9.94 Å². The molecule has 1 N–H and O–H groups in total. The van der Waals surface area contributed by atoms with Crippen LogP contribution in [0.5, 0.6) is 0 Å². The molecule has 31 heavy (non-hydrogen) atoms. The quantitative estimate of drug-likeness (QED) is 0.297. The van der Waals surface area contributed by atoms with Gasteiger partial charge in [-0.3, -0.25) is 4.79 Å². The second-order valence-electron chi connectivity index (χ2n) is 7.48. The molecule has 4 nitrogen and oxygen atoms in total. The van der Waals surface area contributed by atoms with Crippen LogP contribution in [-0.4, -0.2) is 16.8 Å². The molecule has 4 rings (SSSR count). The minimum absolute atomic E-state index is 0.0201. The summed E-state index contributed by atoms with van der Waals surface area (Å²) in [4.78, 5) is 16.5. The zero-order chi connectivity index (χ0) is 21.6. The van der Waals surface area contributed by atoms with E-state index in [4.69, 9.17) is 9.94 Å². The molecule has 0 fully saturated rings. The van der Waals surface area contributed by atoms with E-state index in [2.05, 4.69) is 35.5 Å². The van der Waals surface area contributed by atoms with Crippen LogP contribution in [0, 0.1) is 0 Å². The van der Waals surface area contributed by atoms with Crippen LogP contribution in [0.1, 0.15) is 23.6 Å². The summed E-state index contributed by atoms with van der Waals surface area (Å²) < 4.78 is 0. The Hall–Kier alpha value is -3.92. The maximum Gasteiger partial charge on any atom is 0.307 e. The fourth-order valence-electron chi connectivity index (χ4n) is 3.52. The summed E-state index contributed by atoms with van der Waals surface area (Å²) in [7, 11) is 0. The number of rotatable bonds is 7. The van der Waals surface area contributed by atoms with Crippen molar-refractivity contribution in [3.8, 4) is 11.1 Å². The van der Waals surface area contributed by atoms with Crippen LogP contribution in [0.15, 0.2) is 96.2 Å². The van der Waals surface area contributed by atoms with Gasteiger partial charge in [-0.15, -0.1) is 0 Å². The van der Waals surface area contributed by atoms with Crippen molar-refractivity contribution in [2.24, 2.45) is 5.16 Å². The summed E-state index contributed by atoms with van der Waals surface area (Å²) in [6.07, 6.45) is 0.0201. The van der Waals surface area contributed by atoms with Crippen LogP contribution in [-0.2, 0) is 22.7 Å². The summed E-state index contributed by atoms with van der Waals surface area (Å²) in [6.45, 7) is 2.33. The molecule has 0 bridgehead atoms. The molecule has 0 atom stereocenters. The van der Waals surface area contributed by atoms with E-state index in [9.17, 15) is 4.79 Å². The molecule has 4 heteroatoms. The number of carboxylic acids is 1. The number of carboxylic acid groups (broad SMARTS) is 1. The minimum atomic E-state index is -0.831. The van der Waals surface area contributed by atoms with Crippen LogP contribution < -0.4 is 0 Å². The maximum absolute atomic E-state index is 10.9. The van der Waals surface area contributed by atoms with Crippen molar-refractivity contribution in [2.75, 3.05) is 0 Å². The predicted molar refractivity (Wildman–Crippen MR) is 124 cm³/mol. The lowest BCUT2D eigenvalue weighted by atomic mass is 10.00. The fraction of sp³-hybridized carbons (Fsp3) is 0.111. The molecule has 4 aromatic rings. The van der Waals surface area contributed by atoms with Gasteiger partial charge in [0, 0.05) is 0 Å². The van der Waals surface area contributed by atoms with Gasteiger partial charge in [0.05, 0.1) is 12.1 Å². The van der Waals surface area contributed by atoms with Crippen molar-refractivity contribution < 1.29 is 14.7 Å². The molecular weight excluding hydrogens is 386 g/mol. The van der Waals surface area contributed by atoms with E-state index in [1.54, 1.807) is 0 Å². The normalized spacial score (nSPS) is 11.5. The van der Waals surface area contributed by atoms with E-state index in [0.29, 0.717) is 6.61 Å². The van der Waals surface area contributed by atoms with E-state index in [-0.39, 0.29) is 6.42 Å². The number of nitrogens with zero attached hydrogens (tertiary/aromatic N) is 1. The third-order valence-electron chi connectivity index (χ3n) is 5.16. The highest BCUT2D eigenvalue weighted by Crippen LogP contribution is 2.22. The molecule has 0 heterocycles. The second-order valence-corrected chi connectivity index (χ2v) is 7.48. The number of hydrogen-bond acceptors (Lipinski definition) is 3. The molecule has 0 aliphatic carbocycles. The van der Waals surface area contributed by atoms with Crippen molar-refractivity contribution in [3.63, 3.8) is 0 Å². The molecule has 0 aliphatic heterocycles. The van der Waals surface area contributed by atoms with Gasteiger partial charge in [-0.05, 0) is 51.6 Å². The summed E-state index contributed by atoms with van der Waals surface area (Å²) in [5.41, 5.74) is 5.66. The van der Waals surface area contributed by atoms with Crippen molar-refractivity contribution in [1.29, 1.82) is 0 Å². The highest BCUT2D eigenvalue weighted by atomic mass is 16.6. The van der Waals surface area contributed by atoms with Gasteiger partial charge in [-0.2, -0.15) is 0 Å². The predicted octanol–water partition coefficient (Wildman–Crippen LogP) is 6.07. The standard InChI is InChI=1S/C27H23NO3/c1-19(28-31-18-21-9-10-23-6-2-3-7-25(23)16-21)22-11-13-24(14-12-22)26-8-4-5-20(15-26)17-27(29)30/h2-16H,17-18H2,1H3,(H,29,30)/b28-19-. The Morgan fingerprint density at radius 2 is 1.58 bits per heavy atom. The summed E-state index contributed by atoms with van der Waals surface area (Å²) in [5.74, 6) is -0.831. The van der Waals surface area contributed by atoms with E-state index in [1.807, 2.05) is 67.6 Å². The second kappa shape index (κ2) is 9.26. The van der Waals surface area contributed by atoms with Gasteiger partial charge in [0.25, 0.3) is 0 Å². The Bertz CT molecular complexity index is 1240. The molecule has 0 radical (unpaired) electrons. The highest BCUT2D eigenvalue weighted by molar-refractivity contribution is 5.98. The van der Waals surface area contributed by atoms with Crippen molar-refractivity contribution in [1.82, 2.24) is 0 Å². The molecule has 0 spiro atoms. The van der Waals surface area contributed by atoms with Gasteiger partial charge >= 0.3 is 5.97 Å². The number of aliphatic carboxylic acids is 1. The van der Waals surface area contributed by atoms with Crippen molar-refractivity contribution >= 4 is 22.5 Å². The maximum atomic E-state index is 10.9. The molecule has 0 aliphatic rings. The van der Waals surface area contributed by atoms with Gasteiger partial charge in [0.1, 0.15) is 6.61 Å². The number of hydrogen-bond donors (Lipinski definition) is 1. The van der Waals surface area contributed by atoms with Crippen molar-refractivity contribution in [3.05, 3.63) is 108 Å². The SMILES string of the molecule is C/C(=N/OCc1ccc2ccccc2c1)c1ccc(-c2cccc(CC(=O)O)c2)cc1. The van der Waals surface area contributed by atoms with Crippen molar-refractivity contribution in [2.45, 2.75) is 20.0 Å². The van der Waals surface area contributed by atoms with Gasteiger partial charge in [0.2, 0.25) is 0 Å². The third kappa shape index (κ3) is 5.17. The average molecular weight is 409 g/mol. The Kier molecular flexibility index (Phi) is 6.08. The number of carbonyl (C=O) groups is 1. The number of oxime groups is 1. The van der Waals surface area contributed by atoms with E-state index >= 15 is 0 Å². The number of fused-ring (bicyclic) bond motifs is 1. The Morgan fingerprint density at radius 1 is 0.806 bits per heavy atom. The first-order chi connectivity index (χ1) is 15.1. The van der Waals surface area contributed by atoms with Crippen LogP contribution >= 0.6 is 0 Å². The third-order valence-corrected chi connectivity index (χ3v) is 5.16. The van der Waals surface area contributed by atoms with E-state index < -0.39 is 5.97 Å². The largest absolute Gasteiger partial charge is 0.481 e. The Morgan fingerprint density at radius 3 is 2.35 bits per heavy atom. The number of benzene rings is 4.